The molecule has 0 amide bonds. The Kier molecular flexibility index (Phi) is 3.61. The third-order valence-corrected chi connectivity index (χ3v) is 3.20. The van der Waals surface area contributed by atoms with Crippen LogP contribution in [0.1, 0.15) is 25.7 Å². The lowest BCUT2D eigenvalue weighted by molar-refractivity contribution is 0.254. The van der Waals surface area contributed by atoms with Crippen molar-refractivity contribution in [3.8, 4) is 0 Å². The summed E-state index contributed by atoms with van der Waals surface area (Å²) in [4.78, 5) is 9.63. The average Bonchev–Trinajstić information content (AvgIpc) is 2.90. The Morgan fingerprint density at radius 3 is 3.00 bits per heavy atom. The minimum atomic E-state index is 0.809. The molecule has 0 bridgehead atoms. The quantitative estimate of drug-likeness (QED) is 0.774. The molecule has 1 aromatic rings. The maximum atomic E-state index is 4.13. The van der Waals surface area contributed by atoms with Crippen molar-refractivity contribution in [3.63, 3.8) is 0 Å². The summed E-state index contributed by atoms with van der Waals surface area (Å²) >= 11 is 0. The molecule has 2 rings (SSSR count). The molecule has 0 aromatic carbocycles. The van der Waals surface area contributed by atoms with Gasteiger partial charge >= 0.3 is 0 Å². The predicted octanol–water partition coefficient (Wildman–Crippen LogP) is 1.70. The summed E-state index contributed by atoms with van der Waals surface area (Å²) in [6.07, 6.45) is 9.15. The first-order valence-corrected chi connectivity index (χ1v) is 5.80. The number of imidazole rings is 1. The molecule has 1 aliphatic carbocycles. The normalized spacial score (nSPS) is 17.5. The van der Waals surface area contributed by atoms with Crippen LogP contribution < -0.4 is 5.32 Å². The van der Waals surface area contributed by atoms with Gasteiger partial charge in [-0.05, 0) is 19.9 Å². The van der Waals surface area contributed by atoms with Gasteiger partial charge in [0.15, 0.2) is 5.95 Å². The fourth-order valence-corrected chi connectivity index (χ4v) is 2.24. The lowest BCUT2D eigenvalue weighted by atomic mass is 10.2. The van der Waals surface area contributed by atoms with Gasteiger partial charge < -0.3 is 15.2 Å². The molecule has 1 fully saturated rings. The van der Waals surface area contributed by atoms with E-state index in [0.717, 1.165) is 25.1 Å². The number of anilines is 1. The minimum absolute atomic E-state index is 0.809. The van der Waals surface area contributed by atoms with Gasteiger partial charge in [-0.3, -0.25) is 0 Å². The maximum Gasteiger partial charge on any atom is 0.200 e. The highest BCUT2D eigenvalue weighted by Gasteiger charge is 2.18. The van der Waals surface area contributed by atoms with Gasteiger partial charge in [0.1, 0.15) is 0 Å². The molecule has 0 saturated heterocycles. The molecule has 0 spiro atoms. The number of H-pyrrole nitrogens is 1. The molecule has 84 valence electrons. The SMILES string of the molecule is CN(CCNc1ncc[nH]1)C1CCCC1. The van der Waals surface area contributed by atoms with Crippen molar-refractivity contribution in [1.82, 2.24) is 14.9 Å². The number of hydrogen-bond donors (Lipinski definition) is 2. The van der Waals surface area contributed by atoms with Crippen LogP contribution in [-0.4, -0.2) is 41.0 Å². The zero-order valence-corrected chi connectivity index (χ0v) is 9.37. The molecule has 4 nitrogen and oxygen atoms in total. The van der Waals surface area contributed by atoms with E-state index in [4.69, 9.17) is 0 Å². The Balaban J connectivity index is 1.64. The van der Waals surface area contributed by atoms with Crippen molar-refractivity contribution in [2.75, 3.05) is 25.5 Å². The molecular formula is C11H20N4. The van der Waals surface area contributed by atoms with Crippen LogP contribution in [0.2, 0.25) is 0 Å². The average molecular weight is 208 g/mol. The van der Waals surface area contributed by atoms with Crippen molar-refractivity contribution >= 4 is 5.95 Å². The van der Waals surface area contributed by atoms with Crippen LogP contribution in [0.3, 0.4) is 0 Å². The van der Waals surface area contributed by atoms with Crippen LogP contribution in [0.4, 0.5) is 5.95 Å². The minimum Gasteiger partial charge on any atom is -0.355 e. The van der Waals surface area contributed by atoms with E-state index in [1.54, 1.807) is 6.20 Å². The number of nitrogens with zero attached hydrogens (tertiary/aromatic N) is 2. The molecule has 15 heavy (non-hydrogen) atoms. The van der Waals surface area contributed by atoms with E-state index in [-0.39, 0.29) is 0 Å². The summed E-state index contributed by atoms with van der Waals surface area (Å²) in [7, 11) is 2.22. The van der Waals surface area contributed by atoms with Gasteiger partial charge in [0, 0.05) is 31.5 Å². The van der Waals surface area contributed by atoms with Gasteiger partial charge in [0.05, 0.1) is 0 Å². The Morgan fingerprint density at radius 2 is 2.33 bits per heavy atom. The molecule has 0 radical (unpaired) electrons. The fourth-order valence-electron chi connectivity index (χ4n) is 2.24. The summed E-state index contributed by atoms with van der Waals surface area (Å²) in [5.74, 6) is 0.870. The second-order valence-corrected chi connectivity index (χ2v) is 4.28. The van der Waals surface area contributed by atoms with Crippen LogP contribution in [0, 0.1) is 0 Å². The van der Waals surface area contributed by atoms with Crippen LogP contribution in [0.25, 0.3) is 0 Å². The van der Waals surface area contributed by atoms with E-state index >= 15 is 0 Å². The molecule has 4 heteroatoms. The van der Waals surface area contributed by atoms with Crippen LogP contribution >= 0.6 is 0 Å². The number of hydrogen-bond acceptors (Lipinski definition) is 3. The molecular weight excluding hydrogens is 188 g/mol. The molecule has 1 saturated carbocycles. The first-order valence-electron chi connectivity index (χ1n) is 5.80. The van der Waals surface area contributed by atoms with Gasteiger partial charge in [-0.25, -0.2) is 4.98 Å². The smallest absolute Gasteiger partial charge is 0.200 e. The Bertz CT molecular complexity index is 264. The highest BCUT2D eigenvalue weighted by atomic mass is 15.2. The van der Waals surface area contributed by atoms with Crippen LogP contribution in [0.5, 0.6) is 0 Å². The summed E-state index contributed by atoms with van der Waals surface area (Å²) in [6, 6.07) is 0.809. The van der Waals surface area contributed by atoms with Crippen molar-refractivity contribution in [2.45, 2.75) is 31.7 Å². The van der Waals surface area contributed by atoms with Crippen LogP contribution in [0.15, 0.2) is 12.4 Å². The lowest BCUT2D eigenvalue weighted by Gasteiger charge is -2.23. The standard InChI is InChI=1S/C11H20N4/c1-15(10-4-2-3-5-10)9-8-14-11-12-6-7-13-11/h6-7,10H,2-5,8-9H2,1H3,(H2,12,13,14). The molecule has 1 aromatic heterocycles. The van der Waals surface area contributed by atoms with E-state index in [2.05, 4.69) is 27.2 Å². The molecule has 0 atom stereocenters. The third kappa shape index (κ3) is 2.96. The van der Waals surface area contributed by atoms with E-state index in [9.17, 15) is 0 Å². The van der Waals surface area contributed by atoms with Crippen molar-refractivity contribution in [3.05, 3.63) is 12.4 Å². The summed E-state index contributed by atoms with van der Waals surface area (Å²) < 4.78 is 0. The second-order valence-electron chi connectivity index (χ2n) is 4.28. The van der Waals surface area contributed by atoms with Gasteiger partial charge in [-0.15, -0.1) is 0 Å². The Hall–Kier alpha value is -1.03. The first kappa shape index (κ1) is 10.5. The molecule has 0 aliphatic heterocycles. The van der Waals surface area contributed by atoms with E-state index in [1.807, 2.05) is 6.20 Å². The maximum absolute atomic E-state index is 4.13. The summed E-state index contributed by atoms with van der Waals surface area (Å²) in [5, 5.41) is 3.27. The number of aromatic amines is 1. The predicted molar refractivity (Wildman–Crippen MR) is 62.0 cm³/mol. The van der Waals surface area contributed by atoms with Gasteiger partial charge in [0.2, 0.25) is 0 Å². The Morgan fingerprint density at radius 1 is 1.53 bits per heavy atom. The van der Waals surface area contributed by atoms with Crippen molar-refractivity contribution in [2.24, 2.45) is 0 Å². The number of likely N-dealkylation sites (N-methyl/N-ethyl adjacent to an activating group) is 1. The first-order chi connectivity index (χ1) is 7.36. The van der Waals surface area contributed by atoms with Gasteiger partial charge in [-0.1, -0.05) is 12.8 Å². The van der Waals surface area contributed by atoms with Gasteiger partial charge in [-0.2, -0.15) is 0 Å². The zero-order valence-electron chi connectivity index (χ0n) is 9.37. The summed E-state index contributed by atoms with van der Waals surface area (Å²) in [6.45, 7) is 2.05. The monoisotopic (exact) mass is 208 g/mol. The van der Waals surface area contributed by atoms with Crippen LogP contribution in [-0.2, 0) is 0 Å². The molecule has 1 aliphatic rings. The van der Waals surface area contributed by atoms with E-state index in [0.29, 0.717) is 0 Å². The molecule has 1 heterocycles. The molecule has 0 unspecified atom stereocenters. The fraction of sp³-hybridized carbons (Fsp3) is 0.727. The van der Waals surface area contributed by atoms with E-state index in [1.165, 1.54) is 25.7 Å². The van der Waals surface area contributed by atoms with Crippen molar-refractivity contribution < 1.29 is 0 Å². The van der Waals surface area contributed by atoms with Gasteiger partial charge in [0.25, 0.3) is 0 Å². The second kappa shape index (κ2) is 5.16. The number of aromatic nitrogens is 2. The number of rotatable bonds is 5. The Labute approximate surface area is 91.1 Å². The lowest BCUT2D eigenvalue weighted by Crippen LogP contribution is -2.33. The summed E-state index contributed by atoms with van der Waals surface area (Å²) in [5.41, 5.74) is 0. The highest BCUT2D eigenvalue weighted by Crippen LogP contribution is 2.21. The highest BCUT2D eigenvalue weighted by molar-refractivity contribution is 5.22. The van der Waals surface area contributed by atoms with E-state index < -0.39 is 0 Å². The third-order valence-electron chi connectivity index (χ3n) is 3.20. The topological polar surface area (TPSA) is 44.0 Å². The van der Waals surface area contributed by atoms with Crippen molar-refractivity contribution in [1.29, 1.82) is 0 Å². The molecule has 2 N–H and O–H groups in total. The zero-order chi connectivity index (χ0) is 10.5. The largest absolute Gasteiger partial charge is 0.355 e. The number of nitrogens with one attached hydrogen (secondary N) is 2.